The summed E-state index contributed by atoms with van der Waals surface area (Å²) >= 11 is 0. The number of ether oxygens (including phenoxy) is 1. The second kappa shape index (κ2) is 11.7. The maximum atomic E-state index is 5.26. The number of rotatable bonds is 9. The van der Waals surface area contributed by atoms with E-state index in [0.29, 0.717) is 5.41 Å². The number of hydrogen-bond donors (Lipinski definition) is 2. The topological polar surface area (TPSA) is 45.7 Å². The summed E-state index contributed by atoms with van der Waals surface area (Å²) in [6.07, 6.45) is 6.03. The Balaban J connectivity index is 0.00000288. The van der Waals surface area contributed by atoms with Crippen LogP contribution in [0.4, 0.5) is 0 Å². The molecular formula is C19H32IN3O. The lowest BCUT2D eigenvalue weighted by Crippen LogP contribution is -2.41. The number of aliphatic imine (C=N–C) groups is 1. The van der Waals surface area contributed by atoms with Crippen LogP contribution in [0.2, 0.25) is 0 Å². The monoisotopic (exact) mass is 445 g/mol. The summed E-state index contributed by atoms with van der Waals surface area (Å²) in [5, 5.41) is 6.81. The van der Waals surface area contributed by atoms with Crippen molar-refractivity contribution in [3.8, 4) is 0 Å². The number of methoxy groups -OCH3 is 1. The van der Waals surface area contributed by atoms with E-state index in [0.717, 1.165) is 45.0 Å². The molecule has 1 aromatic carbocycles. The Hall–Kier alpha value is -0.820. The van der Waals surface area contributed by atoms with E-state index < -0.39 is 0 Å². The Bertz CT molecular complexity index is 475. The van der Waals surface area contributed by atoms with Gasteiger partial charge in [0.25, 0.3) is 0 Å². The average molecular weight is 445 g/mol. The summed E-state index contributed by atoms with van der Waals surface area (Å²) in [5.74, 6) is 0.937. The molecule has 1 aromatic rings. The van der Waals surface area contributed by atoms with Crippen LogP contribution in [0.1, 0.15) is 38.2 Å². The predicted octanol–water partition coefficient (Wildman–Crippen LogP) is 3.61. The fourth-order valence-corrected chi connectivity index (χ4v) is 3.04. The van der Waals surface area contributed by atoms with Crippen molar-refractivity contribution in [3.05, 3.63) is 35.9 Å². The zero-order chi connectivity index (χ0) is 16.4. The van der Waals surface area contributed by atoms with Gasteiger partial charge >= 0.3 is 0 Å². The summed E-state index contributed by atoms with van der Waals surface area (Å²) in [7, 11) is 1.78. The van der Waals surface area contributed by atoms with Gasteiger partial charge in [-0.05, 0) is 43.6 Å². The first-order valence-corrected chi connectivity index (χ1v) is 8.83. The highest BCUT2D eigenvalue weighted by Crippen LogP contribution is 2.44. The van der Waals surface area contributed by atoms with Gasteiger partial charge in [-0.3, -0.25) is 4.99 Å². The largest absolute Gasteiger partial charge is 0.385 e. The first-order valence-electron chi connectivity index (χ1n) is 8.83. The molecule has 1 fully saturated rings. The molecule has 0 amide bonds. The second-order valence-corrected chi connectivity index (χ2v) is 6.45. The molecule has 0 bridgehead atoms. The fraction of sp³-hybridized carbons (Fsp3) is 0.632. The van der Waals surface area contributed by atoms with Gasteiger partial charge in [0.1, 0.15) is 0 Å². The van der Waals surface area contributed by atoms with Gasteiger partial charge in [0.15, 0.2) is 5.96 Å². The van der Waals surface area contributed by atoms with Gasteiger partial charge in [0.2, 0.25) is 0 Å². The molecule has 0 heterocycles. The molecule has 136 valence electrons. The molecule has 5 heteroatoms. The van der Waals surface area contributed by atoms with Gasteiger partial charge < -0.3 is 15.4 Å². The van der Waals surface area contributed by atoms with Crippen molar-refractivity contribution in [1.29, 1.82) is 0 Å². The van der Waals surface area contributed by atoms with Gasteiger partial charge in [-0.2, -0.15) is 0 Å². The van der Waals surface area contributed by atoms with Gasteiger partial charge in [0.05, 0.1) is 0 Å². The lowest BCUT2D eigenvalue weighted by Gasteiger charge is -2.40. The molecule has 0 aliphatic heterocycles. The Labute approximate surface area is 163 Å². The zero-order valence-electron chi connectivity index (χ0n) is 15.0. The first-order chi connectivity index (χ1) is 11.3. The Morgan fingerprint density at radius 1 is 1.21 bits per heavy atom. The van der Waals surface area contributed by atoms with Gasteiger partial charge in [-0.15, -0.1) is 24.0 Å². The molecule has 2 rings (SSSR count). The Kier molecular flexibility index (Phi) is 10.3. The van der Waals surface area contributed by atoms with Gasteiger partial charge in [-0.25, -0.2) is 0 Å². The van der Waals surface area contributed by atoms with E-state index in [2.05, 4.69) is 47.9 Å². The third kappa shape index (κ3) is 6.97. The lowest BCUT2D eigenvalue weighted by atomic mass is 9.67. The smallest absolute Gasteiger partial charge is 0.191 e. The summed E-state index contributed by atoms with van der Waals surface area (Å²) in [6.45, 7) is 5.64. The number of guanidine groups is 1. The molecule has 2 N–H and O–H groups in total. The van der Waals surface area contributed by atoms with E-state index in [4.69, 9.17) is 9.73 Å². The highest BCUT2D eigenvalue weighted by Gasteiger charge is 2.36. The second-order valence-electron chi connectivity index (χ2n) is 6.45. The van der Waals surface area contributed by atoms with Gasteiger partial charge in [0, 0.05) is 33.4 Å². The number of halogens is 1. The molecule has 0 spiro atoms. The third-order valence-electron chi connectivity index (χ3n) is 4.72. The van der Waals surface area contributed by atoms with Crippen LogP contribution < -0.4 is 10.6 Å². The first kappa shape index (κ1) is 21.2. The van der Waals surface area contributed by atoms with E-state index in [1.807, 2.05) is 0 Å². The van der Waals surface area contributed by atoms with Crippen molar-refractivity contribution in [3.63, 3.8) is 0 Å². The molecule has 0 saturated heterocycles. The van der Waals surface area contributed by atoms with Crippen molar-refractivity contribution in [2.75, 3.05) is 33.4 Å². The standard InChI is InChI=1S/C19H31N3O.HI/c1-3-20-18(21-14-10-17-8-5-4-6-9-17)22-16-19(11-7-12-19)13-15-23-2;/h4-6,8-9H,3,7,10-16H2,1-2H3,(H2,20,21,22);1H. The number of benzene rings is 1. The maximum Gasteiger partial charge on any atom is 0.191 e. The van der Waals surface area contributed by atoms with Gasteiger partial charge in [-0.1, -0.05) is 36.8 Å². The quantitative estimate of drug-likeness (QED) is 0.347. The Morgan fingerprint density at radius 3 is 2.54 bits per heavy atom. The van der Waals surface area contributed by atoms with Crippen molar-refractivity contribution in [1.82, 2.24) is 10.6 Å². The van der Waals surface area contributed by atoms with Crippen LogP contribution >= 0.6 is 24.0 Å². The van der Waals surface area contributed by atoms with Crippen LogP contribution in [0, 0.1) is 5.41 Å². The maximum absolute atomic E-state index is 5.26. The molecule has 4 nitrogen and oxygen atoms in total. The molecule has 1 aliphatic carbocycles. The van der Waals surface area contributed by atoms with E-state index in [9.17, 15) is 0 Å². The number of nitrogens with one attached hydrogen (secondary N) is 2. The van der Waals surface area contributed by atoms with E-state index >= 15 is 0 Å². The van der Waals surface area contributed by atoms with E-state index in [1.54, 1.807) is 7.11 Å². The molecule has 0 unspecified atom stereocenters. The minimum Gasteiger partial charge on any atom is -0.385 e. The van der Waals surface area contributed by atoms with Crippen molar-refractivity contribution in [2.45, 2.75) is 39.0 Å². The van der Waals surface area contributed by atoms with E-state index in [1.165, 1.54) is 24.8 Å². The number of hydrogen-bond acceptors (Lipinski definition) is 2. The average Bonchev–Trinajstić information content (AvgIpc) is 2.54. The molecule has 1 saturated carbocycles. The van der Waals surface area contributed by atoms with Crippen LogP contribution in [0.15, 0.2) is 35.3 Å². The van der Waals surface area contributed by atoms with Crippen molar-refractivity contribution < 1.29 is 4.74 Å². The Morgan fingerprint density at radius 2 is 1.96 bits per heavy atom. The molecule has 0 atom stereocenters. The predicted molar refractivity (Wildman–Crippen MR) is 112 cm³/mol. The summed E-state index contributed by atoms with van der Waals surface area (Å²) in [5.41, 5.74) is 1.73. The molecular weight excluding hydrogens is 413 g/mol. The summed E-state index contributed by atoms with van der Waals surface area (Å²) < 4.78 is 5.26. The third-order valence-corrected chi connectivity index (χ3v) is 4.72. The van der Waals surface area contributed by atoms with Crippen LogP contribution in [0.5, 0.6) is 0 Å². The summed E-state index contributed by atoms with van der Waals surface area (Å²) in [6, 6.07) is 10.6. The highest BCUT2D eigenvalue weighted by molar-refractivity contribution is 14.0. The van der Waals surface area contributed by atoms with Crippen LogP contribution in [-0.2, 0) is 11.2 Å². The molecule has 1 aliphatic rings. The fourth-order valence-electron chi connectivity index (χ4n) is 3.04. The van der Waals surface area contributed by atoms with Crippen LogP contribution in [0.3, 0.4) is 0 Å². The molecule has 0 aromatic heterocycles. The molecule has 24 heavy (non-hydrogen) atoms. The minimum atomic E-state index is 0. The van der Waals surface area contributed by atoms with Crippen molar-refractivity contribution >= 4 is 29.9 Å². The zero-order valence-corrected chi connectivity index (χ0v) is 17.3. The SMILES string of the molecule is CCNC(=NCC1(CCOC)CCC1)NCCc1ccccc1.I. The van der Waals surface area contributed by atoms with Crippen LogP contribution in [-0.4, -0.2) is 39.3 Å². The normalized spacial score (nSPS) is 16.0. The highest BCUT2D eigenvalue weighted by atomic mass is 127. The lowest BCUT2D eigenvalue weighted by molar-refractivity contribution is 0.0778. The van der Waals surface area contributed by atoms with E-state index in [-0.39, 0.29) is 24.0 Å². The molecule has 0 radical (unpaired) electrons. The van der Waals surface area contributed by atoms with Crippen molar-refractivity contribution in [2.24, 2.45) is 10.4 Å². The van der Waals surface area contributed by atoms with Crippen LogP contribution in [0.25, 0.3) is 0 Å². The minimum absolute atomic E-state index is 0. The number of nitrogens with zero attached hydrogens (tertiary/aromatic N) is 1. The summed E-state index contributed by atoms with van der Waals surface area (Å²) in [4.78, 5) is 4.83.